The van der Waals surface area contributed by atoms with Crippen molar-refractivity contribution in [3.05, 3.63) is 69.7 Å². The highest BCUT2D eigenvalue weighted by atomic mass is 79.9. The number of Topliss-reactive ketones (excluding diaryl/α,β-unsaturated/α-hetero) is 1. The Bertz CT molecular complexity index is 1040. The Hall–Kier alpha value is -2.64. The molecule has 3 rings (SSSR count). The van der Waals surface area contributed by atoms with Crippen molar-refractivity contribution in [2.45, 2.75) is 52.0 Å². The number of halogens is 1. The molecule has 1 saturated heterocycles. The van der Waals surface area contributed by atoms with Gasteiger partial charge < -0.3 is 20.0 Å². The average Bonchev–Trinajstić information content (AvgIpc) is 3.10. The molecule has 0 aromatic heterocycles. The Morgan fingerprint density at radius 3 is 2.20 bits per heavy atom. The number of phenolic OH excluding ortho intramolecular Hbond substituents is 1. The number of likely N-dealkylation sites (tertiary alicyclic amines) is 1. The quantitative estimate of drug-likeness (QED) is 0.199. The molecule has 0 unspecified atom stereocenters. The summed E-state index contributed by atoms with van der Waals surface area (Å²) in [6.07, 6.45) is 5.24. The minimum absolute atomic E-state index is 0.0436. The molecule has 2 aromatic carbocycles. The van der Waals surface area contributed by atoms with Gasteiger partial charge in [-0.3, -0.25) is 9.59 Å². The van der Waals surface area contributed by atoms with E-state index >= 15 is 0 Å². The van der Waals surface area contributed by atoms with Crippen molar-refractivity contribution in [1.29, 1.82) is 0 Å². The summed E-state index contributed by atoms with van der Waals surface area (Å²) in [4.78, 5) is 30.3. The summed E-state index contributed by atoms with van der Waals surface area (Å²) in [6.45, 7) is 7.62. The number of unbranched alkanes of at least 4 members (excludes halogenated alkanes) is 2. The molecule has 0 bridgehead atoms. The highest BCUT2D eigenvalue weighted by Crippen LogP contribution is 2.40. The van der Waals surface area contributed by atoms with Crippen LogP contribution in [-0.2, 0) is 9.59 Å². The zero-order valence-corrected chi connectivity index (χ0v) is 22.1. The normalized spacial score (nSPS) is 17.5. The van der Waals surface area contributed by atoms with Crippen LogP contribution in [0.5, 0.6) is 5.75 Å². The Labute approximate surface area is 216 Å². The van der Waals surface area contributed by atoms with E-state index in [4.69, 9.17) is 0 Å². The van der Waals surface area contributed by atoms with Crippen molar-refractivity contribution < 1.29 is 19.8 Å². The second-order valence-electron chi connectivity index (χ2n) is 9.00. The number of amides is 1. The van der Waals surface area contributed by atoms with E-state index in [1.54, 1.807) is 53.4 Å². The van der Waals surface area contributed by atoms with E-state index in [0.717, 1.165) is 49.8 Å². The summed E-state index contributed by atoms with van der Waals surface area (Å²) >= 11 is 3.38. The summed E-state index contributed by atoms with van der Waals surface area (Å²) in [6, 6.07) is 12.7. The van der Waals surface area contributed by atoms with Crippen molar-refractivity contribution in [1.82, 2.24) is 9.80 Å². The highest BCUT2D eigenvalue weighted by molar-refractivity contribution is 9.10. The average molecular weight is 544 g/mol. The van der Waals surface area contributed by atoms with Gasteiger partial charge in [0.05, 0.1) is 11.6 Å². The summed E-state index contributed by atoms with van der Waals surface area (Å²) in [5.41, 5.74) is 1.11. The van der Waals surface area contributed by atoms with Gasteiger partial charge in [0, 0.05) is 16.6 Å². The van der Waals surface area contributed by atoms with Crippen LogP contribution in [0.1, 0.15) is 63.1 Å². The number of hydrogen-bond acceptors (Lipinski definition) is 5. The van der Waals surface area contributed by atoms with Crippen molar-refractivity contribution in [2.24, 2.45) is 0 Å². The summed E-state index contributed by atoms with van der Waals surface area (Å²) in [5, 5.41) is 21.2. The van der Waals surface area contributed by atoms with Gasteiger partial charge in [-0.05, 0) is 68.7 Å². The van der Waals surface area contributed by atoms with Crippen LogP contribution in [-0.4, -0.2) is 57.9 Å². The highest BCUT2D eigenvalue weighted by Gasteiger charge is 2.45. The third kappa shape index (κ3) is 6.73. The molecule has 0 saturated carbocycles. The molecule has 1 atom stereocenters. The minimum atomic E-state index is -0.759. The monoisotopic (exact) mass is 542 g/mol. The first-order chi connectivity index (χ1) is 16.9. The van der Waals surface area contributed by atoms with Crippen molar-refractivity contribution >= 4 is 33.4 Å². The lowest BCUT2D eigenvalue weighted by molar-refractivity contribution is -0.140. The van der Waals surface area contributed by atoms with E-state index < -0.39 is 17.7 Å². The topological polar surface area (TPSA) is 81.1 Å². The number of phenols is 1. The van der Waals surface area contributed by atoms with Crippen LogP contribution in [0, 0.1) is 0 Å². The van der Waals surface area contributed by atoms with Crippen LogP contribution >= 0.6 is 15.9 Å². The Morgan fingerprint density at radius 2 is 1.60 bits per heavy atom. The Morgan fingerprint density at radius 1 is 0.971 bits per heavy atom. The van der Waals surface area contributed by atoms with E-state index in [1.165, 1.54) is 0 Å². The molecule has 6 nitrogen and oxygen atoms in total. The van der Waals surface area contributed by atoms with E-state index in [-0.39, 0.29) is 17.1 Å². The predicted molar refractivity (Wildman–Crippen MR) is 142 cm³/mol. The molecule has 2 N–H and O–H groups in total. The molecule has 0 radical (unpaired) electrons. The number of aliphatic hydroxyl groups is 1. The molecular formula is C28H35BrN2O4. The van der Waals surface area contributed by atoms with Gasteiger partial charge in [0.25, 0.3) is 11.7 Å². The minimum Gasteiger partial charge on any atom is -0.508 e. The lowest BCUT2D eigenvalue weighted by Crippen LogP contribution is -2.34. The number of hydrogen-bond donors (Lipinski definition) is 2. The maximum absolute atomic E-state index is 13.2. The number of nitrogens with zero attached hydrogens (tertiary/aromatic N) is 2. The van der Waals surface area contributed by atoms with Crippen LogP contribution in [0.4, 0.5) is 0 Å². The zero-order valence-electron chi connectivity index (χ0n) is 20.5. The molecule has 1 aliphatic rings. The van der Waals surface area contributed by atoms with E-state index in [9.17, 15) is 19.8 Å². The van der Waals surface area contributed by atoms with Crippen LogP contribution in [0.15, 0.2) is 58.6 Å². The number of rotatable bonds is 12. The second kappa shape index (κ2) is 12.9. The van der Waals surface area contributed by atoms with Crippen molar-refractivity contribution in [2.75, 3.05) is 26.2 Å². The van der Waals surface area contributed by atoms with E-state index in [0.29, 0.717) is 24.1 Å². The standard InChI is InChI=1S/C28H35BrN2O4/c1-3-5-15-30(16-6-4-2)17-8-18-31-25(21-9-7-10-23(32)19-21)24(27(34)28(31)35)26(33)20-11-13-22(29)14-12-20/h7,9-14,19,25,32-33H,3-6,8,15-18H2,1-2H3/t25-/m0/s1. The molecule has 7 heteroatoms. The molecule has 0 spiro atoms. The largest absolute Gasteiger partial charge is 0.508 e. The van der Waals surface area contributed by atoms with Gasteiger partial charge in [-0.2, -0.15) is 0 Å². The fourth-order valence-electron chi connectivity index (χ4n) is 4.48. The first-order valence-electron chi connectivity index (χ1n) is 12.4. The zero-order chi connectivity index (χ0) is 25.4. The van der Waals surface area contributed by atoms with Gasteiger partial charge >= 0.3 is 0 Å². The third-order valence-electron chi connectivity index (χ3n) is 6.37. The second-order valence-corrected chi connectivity index (χ2v) is 9.91. The molecule has 1 fully saturated rings. The van der Waals surface area contributed by atoms with Crippen LogP contribution in [0.2, 0.25) is 0 Å². The van der Waals surface area contributed by atoms with Gasteiger partial charge in [0.1, 0.15) is 11.5 Å². The van der Waals surface area contributed by atoms with Crippen LogP contribution in [0.25, 0.3) is 5.76 Å². The number of aliphatic hydroxyl groups excluding tert-OH is 1. The Balaban J connectivity index is 1.91. The number of ketones is 1. The fraction of sp³-hybridized carbons (Fsp3) is 0.429. The first-order valence-corrected chi connectivity index (χ1v) is 13.2. The number of benzene rings is 2. The van der Waals surface area contributed by atoms with Crippen LogP contribution in [0.3, 0.4) is 0 Å². The molecular weight excluding hydrogens is 508 g/mol. The lowest BCUT2D eigenvalue weighted by Gasteiger charge is -2.27. The fourth-order valence-corrected chi connectivity index (χ4v) is 4.74. The van der Waals surface area contributed by atoms with E-state index in [2.05, 4.69) is 34.7 Å². The van der Waals surface area contributed by atoms with Gasteiger partial charge in [0.15, 0.2) is 0 Å². The molecule has 0 aliphatic carbocycles. The molecule has 188 valence electrons. The van der Waals surface area contributed by atoms with Crippen molar-refractivity contribution in [3.63, 3.8) is 0 Å². The molecule has 1 aliphatic heterocycles. The molecule has 1 heterocycles. The summed E-state index contributed by atoms with van der Waals surface area (Å²) in [5.74, 6) is -1.49. The lowest BCUT2D eigenvalue weighted by atomic mass is 9.95. The first kappa shape index (κ1) is 27.0. The van der Waals surface area contributed by atoms with Gasteiger partial charge in [-0.1, -0.05) is 66.9 Å². The number of carbonyl (C=O) groups excluding carboxylic acids is 2. The van der Waals surface area contributed by atoms with Gasteiger partial charge in [0.2, 0.25) is 0 Å². The smallest absolute Gasteiger partial charge is 0.295 e. The predicted octanol–water partition coefficient (Wildman–Crippen LogP) is 5.87. The SMILES string of the molecule is CCCCN(CCCC)CCCN1C(=O)C(=O)C(=C(O)c2ccc(Br)cc2)[C@@H]1c1cccc(O)c1. The third-order valence-corrected chi connectivity index (χ3v) is 6.90. The maximum Gasteiger partial charge on any atom is 0.295 e. The van der Waals surface area contributed by atoms with Crippen molar-refractivity contribution in [3.8, 4) is 5.75 Å². The Kier molecular flexibility index (Phi) is 9.93. The molecule has 35 heavy (non-hydrogen) atoms. The summed E-state index contributed by atoms with van der Waals surface area (Å²) in [7, 11) is 0. The van der Waals surface area contributed by atoms with Gasteiger partial charge in [-0.25, -0.2) is 0 Å². The molecule has 1 amide bonds. The number of aromatic hydroxyl groups is 1. The van der Waals surface area contributed by atoms with E-state index in [1.807, 2.05) is 0 Å². The molecule has 2 aromatic rings. The maximum atomic E-state index is 13.2. The number of carbonyl (C=O) groups is 2. The van der Waals surface area contributed by atoms with Crippen LogP contribution < -0.4 is 0 Å². The van der Waals surface area contributed by atoms with Gasteiger partial charge in [-0.15, -0.1) is 0 Å². The summed E-state index contributed by atoms with van der Waals surface area (Å²) < 4.78 is 0.842.